The molecular formula is C16H24N2O3. The molecule has 0 heterocycles. The number of rotatable bonds is 7. The van der Waals surface area contributed by atoms with E-state index in [4.69, 9.17) is 19.5 Å². The van der Waals surface area contributed by atoms with Crippen molar-refractivity contribution in [3.63, 3.8) is 0 Å². The van der Waals surface area contributed by atoms with E-state index < -0.39 is 5.41 Å². The summed E-state index contributed by atoms with van der Waals surface area (Å²) in [5.41, 5.74) is 0.604. The van der Waals surface area contributed by atoms with Crippen LogP contribution in [0.4, 0.5) is 0 Å². The molecule has 0 fully saturated rings. The quantitative estimate of drug-likeness (QED) is 0.837. The van der Waals surface area contributed by atoms with E-state index in [1.165, 1.54) is 0 Å². The first-order chi connectivity index (χ1) is 9.88. The molecule has 1 aromatic rings. The van der Waals surface area contributed by atoms with Crippen molar-refractivity contribution in [3.8, 4) is 23.3 Å². The van der Waals surface area contributed by atoms with Gasteiger partial charge in [-0.3, -0.25) is 0 Å². The number of nitriles is 1. The molecule has 1 unspecified atom stereocenters. The lowest BCUT2D eigenvalue weighted by Gasteiger charge is -2.22. The average Bonchev–Trinajstić information content (AvgIpc) is 2.50. The highest BCUT2D eigenvalue weighted by Gasteiger charge is 2.20. The van der Waals surface area contributed by atoms with Gasteiger partial charge in [-0.1, -0.05) is 0 Å². The van der Waals surface area contributed by atoms with Gasteiger partial charge in [0.15, 0.2) is 11.5 Å². The maximum absolute atomic E-state index is 9.06. The molecule has 0 radical (unpaired) electrons. The Morgan fingerprint density at radius 3 is 2.05 bits per heavy atom. The third kappa shape index (κ3) is 4.27. The van der Waals surface area contributed by atoms with E-state index in [2.05, 4.69) is 11.4 Å². The fourth-order valence-corrected chi connectivity index (χ4v) is 1.92. The normalized spacial score (nSPS) is 12.4. The molecule has 0 saturated carbocycles. The third-order valence-electron chi connectivity index (χ3n) is 3.34. The van der Waals surface area contributed by atoms with Crippen LogP contribution in [-0.4, -0.2) is 27.9 Å². The van der Waals surface area contributed by atoms with Crippen LogP contribution >= 0.6 is 0 Å². The zero-order chi connectivity index (χ0) is 16.0. The van der Waals surface area contributed by atoms with Crippen molar-refractivity contribution in [2.45, 2.75) is 26.8 Å². The fraction of sp³-hybridized carbons (Fsp3) is 0.562. The van der Waals surface area contributed by atoms with Crippen LogP contribution < -0.4 is 19.5 Å². The van der Waals surface area contributed by atoms with E-state index >= 15 is 0 Å². The predicted molar refractivity (Wildman–Crippen MR) is 81.9 cm³/mol. The summed E-state index contributed by atoms with van der Waals surface area (Å²) in [7, 11) is 4.77. The van der Waals surface area contributed by atoms with Crippen LogP contribution in [0.2, 0.25) is 0 Å². The van der Waals surface area contributed by atoms with E-state index in [-0.39, 0.29) is 6.04 Å². The molecule has 0 amide bonds. The molecule has 5 heteroatoms. The van der Waals surface area contributed by atoms with E-state index in [1.54, 1.807) is 21.3 Å². The maximum Gasteiger partial charge on any atom is 0.203 e. The van der Waals surface area contributed by atoms with Crippen LogP contribution in [0, 0.1) is 16.7 Å². The summed E-state index contributed by atoms with van der Waals surface area (Å²) in [6.45, 7) is 6.44. The Labute approximate surface area is 126 Å². The number of hydrogen-bond donors (Lipinski definition) is 1. The fourth-order valence-electron chi connectivity index (χ4n) is 1.92. The lowest BCUT2D eigenvalue weighted by Crippen LogP contribution is -2.30. The highest BCUT2D eigenvalue weighted by Crippen LogP contribution is 2.39. The van der Waals surface area contributed by atoms with Gasteiger partial charge in [0.05, 0.1) is 32.8 Å². The van der Waals surface area contributed by atoms with Crippen molar-refractivity contribution in [2.75, 3.05) is 27.9 Å². The second-order valence-corrected chi connectivity index (χ2v) is 5.56. The van der Waals surface area contributed by atoms with Crippen molar-refractivity contribution in [1.29, 1.82) is 5.26 Å². The van der Waals surface area contributed by atoms with Gasteiger partial charge in [-0.2, -0.15) is 5.26 Å². The molecule has 0 bridgehead atoms. The molecular weight excluding hydrogens is 268 g/mol. The Morgan fingerprint density at radius 1 is 1.14 bits per heavy atom. The molecule has 0 saturated heterocycles. The number of nitrogens with one attached hydrogen (secondary N) is 1. The van der Waals surface area contributed by atoms with Crippen LogP contribution in [0.5, 0.6) is 17.2 Å². The van der Waals surface area contributed by atoms with Gasteiger partial charge < -0.3 is 19.5 Å². The Kier molecular flexibility index (Phi) is 5.86. The number of methoxy groups -OCH3 is 3. The Hall–Kier alpha value is -1.93. The van der Waals surface area contributed by atoms with E-state index in [9.17, 15) is 0 Å². The number of benzene rings is 1. The summed E-state index contributed by atoms with van der Waals surface area (Å²) < 4.78 is 16.0. The number of ether oxygens (including phenoxy) is 3. The second kappa shape index (κ2) is 7.19. The van der Waals surface area contributed by atoms with Crippen molar-refractivity contribution >= 4 is 0 Å². The summed E-state index contributed by atoms with van der Waals surface area (Å²) in [6, 6.07) is 6.17. The predicted octanol–water partition coefficient (Wildman–Crippen LogP) is 2.91. The SMILES string of the molecule is COc1cc(C(C)NCC(C)(C)C#N)cc(OC)c1OC. The summed E-state index contributed by atoms with van der Waals surface area (Å²) in [6.07, 6.45) is 0. The van der Waals surface area contributed by atoms with Crippen LogP contribution in [0.3, 0.4) is 0 Å². The Bertz CT molecular complexity index is 496. The van der Waals surface area contributed by atoms with Crippen LogP contribution in [0.1, 0.15) is 32.4 Å². The summed E-state index contributed by atoms with van der Waals surface area (Å²) in [5.74, 6) is 1.83. The topological polar surface area (TPSA) is 63.5 Å². The minimum absolute atomic E-state index is 0.0614. The minimum Gasteiger partial charge on any atom is -0.493 e. The number of nitrogens with zero attached hydrogens (tertiary/aromatic N) is 1. The molecule has 0 aliphatic carbocycles. The maximum atomic E-state index is 9.06. The lowest BCUT2D eigenvalue weighted by molar-refractivity contribution is 0.322. The molecule has 116 valence electrons. The highest BCUT2D eigenvalue weighted by atomic mass is 16.5. The van der Waals surface area contributed by atoms with Gasteiger partial charge in [-0.25, -0.2) is 0 Å². The average molecular weight is 292 g/mol. The standard InChI is InChI=1S/C16H24N2O3/c1-11(18-10-16(2,3)9-17)12-7-13(19-4)15(21-6)14(8-12)20-5/h7-8,11,18H,10H2,1-6H3. The molecule has 21 heavy (non-hydrogen) atoms. The molecule has 1 aromatic carbocycles. The molecule has 1 rings (SSSR count). The lowest BCUT2D eigenvalue weighted by atomic mass is 9.95. The zero-order valence-corrected chi connectivity index (χ0v) is 13.6. The molecule has 0 aromatic heterocycles. The first-order valence-corrected chi connectivity index (χ1v) is 6.83. The molecule has 0 spiro atoms. The van der Waals surface area contributed by atoms with Gasteiger partial charge in [-0.05, 0) is 38.5 Å². The largest absolute Gasteiger partial charge is 0.493 e. The van der Waals surface area contributed by atoms with Crippen molar-refractivity contribution in [3.05, 3.63) is 17.7 Å². The Morgan fingerprint density at radius 2 is 1.67 bits per heavy atom. The second-order valence-electron chi connectivity index (χ2n) is 5.56. The number of hydrogen-bond acceptors (Lipinski definition) is 5. The van der Waals surface area contributed by atoms with Gasteiger partial charge in [0.25, 0.3) is 0 Å². The van der Waals surface area contributed by atoms with Crippen LogP contribution in [0.15, 0.2) is 12.1 Å². The van der Waals surface area contributed by atoms with E-state index in [1.807, 2.05) is 32.9 Å². The van der Waals surface area contributed by atoms with Gasteiger partial charge in [0.1, 0.15) is 0 Å². The summed E-state index contributed by atoms with van der Waals surface area (Å²) in [4.78, 5) is 0. The molecule has 1 N–H and O–H groups in total. The zero-order valence-electron chi connectivity index (χ0n) is 13.6. The highest BCUT2D eigenvalue weighted by molar-refractivity contribution is 5.54. The van der Waals surface area contributed by atoms with Crippen molar-refractivity contribution < 1.29 is 14.2 Å². The van der Waals surface area contributed by atoms with Crippen LogP contribution in [0.25, 0.3) is 0 Å². The van der Waals surface area contributed by atoms with Crippen molar-refractivity contribution in [1.82, 2.24) is 5.32 Å². The van der Waals surface area contributed by atoms with Crippen molar-refractivity contribution in [2.24, 2.45) is 5.41 Å². The minimum atomic E-state index is -0.408. The first kappa shape index (κ1) is 17.1. The monoisotopic (exact) mass is 292 g/mol. The molecule has 5 nitrogen and oxygen atoms in total. The van der Waals surface area contributed by atoms with E-state index in [0.29, 0.717) is 23.8 Å². The molecule has 0 aliphatic rings. The molecule has 0 aliphatic heterocycles. The summed E-state index contributed by atoms with van der Waals surface area (Å²) >= 11 is 0. The van der Waals surface area contributed by atoms with E-state index in [0.717, 1.165) is 5.56 Å². The van der Waals surface area contributed by atoms with Crippen LogP contribution in [-0.2, 0) is 0 Å². The Balaban J connectivity index is 3.00. The smallest absolute Gasteiger partial charge is 0.203 e. The van der Waals surface area contributed by atoms with Gasteiger partial charge in [-0.15, -0.1) is 0 Å². The summed E-state index contributed by atoms with van der Waals surface area (Å²) in [5, 5.41) is 12.4. The molecule has 1 atom stereocenters. The van der Waals surface area contributed by atoms with Gasteiger partial charge in [0.2, 0.25) is 5.75 Å². The van der Waals surface area contributed by atoms with Gasteiger partial charge in [0, 0.05) is 12.6 Å². The first-order valence-electron chi connectivity index (χ1n) is 6.83. The third-order valence-corrected chi connectivity index (χ3v) is 3.34. The van der Waals surface area contributed by atoms with Gasteiger partial charge >= 0.3 is 0 Å².